The third-order valence-electron chi connectivity index (χ3n) is 3.10. The van der Waals surface area contributed by atoms with Crippen molar-refractivity contribution in [2.45, 2.75) is 51.2 Å². The number of hydrogen-bond donors (Lipinski definition) is 1. The van der Waals surface area contributed by atoms with Crippen molar-refractivity contribution in [1.82, 2.24) is 5.32 Å². The Morgan fingerprint density at radius 2 is 2.14 bits per heavy atom. The number of esters is 1. The number of rotatable bonds is 1. The molecule has 80 valence electrons. The summed E-state index contributed by atoms with van der Waals surface area (Å²) < 4.78 is 5.42. The minimum atomic E-state index is -0.351. The first-order valence-corrected chi connectivity index (χ1v) is 5.41. The molecule has 0 radical (unpaired) electrons. The molecule has 2 fully saturated rings. The molecular weight excluding hydrogens is 178 g/mol. The first-order valence-electron chi connectivity index (χ1n) is 5.41. The van der Waals surface area contributed by atoms with Crippen molar-refractivity contribution in [2.24, 2.45) is 5.92 Å². The van der Waals surface area contributed by atoms with Crippen molar-refractivity contribution in [3.05, 3.63) is 0 Å². The summed E-state index contributed by atoms with van der Waals surface area (Å²) in [5.74, 6) is 0.0849. The molecule has 3 nitrogen and oxygen atoms in total. The average Bonchev–Trinajstić information content (AvgIpc) is 2.58. The molecule has 1 saturated carbocycles. The lowest BCUT2D eigenvalue weighted by Gasteiger charge is -2.24. The summed E-state index contributed by atoms with van der Waals surface area (Å²) >= 11 is 0. The summed E-state index contributed by atoms with van der Waals surface area (Å²) in [6.07, 6.45) is 3.27. The van der Waals surface area contributed by atoms with E-state index in [1.54, 1.807) is 0 Å². The number of hydrogen-bond acceptors (Lipinski definition) is 3. The van der Waals surface area contributed by atoms with E-state index in [1.165, 1.54) is 0 Å². The van der Waals surface area contributed by atoms with E-state index in [0.29, 0.717) is 0 Å². The Hall–Kier alpha value is -0.570. The van der Waals surface area contributed by atoms with Gasteiger partial charge in [0.05, 0.1) is 5.92 Å². The molecule has 3 heteroatoms. The zero-order valence-electron chi connectivity index (χ0n) is 9.22. The number of nitrogens with one attached hydrogen (secondary N) is 1. The molecule has 1 spiro atoms. The lowest BCUT2D eigenvalue weighted by Crippen LogP contribution is -2.35. The highest BCUT2D eigenvalue weighted by Gasteiger charge is 2.55. The third kappa shape index (κ3) is 1.78. The van der Waals surface area contributed by atoms with Gasteiger partial charge in [0.2, 0.25) is 0 Å². The van der Waals surface area contributed by atoms with Crippen molar-refractivity contribution in [2.75, 3.05) is 6.54 Å². The molecule has 2 unspecified atom stereocenters. The van der Waals surface area contributed by atoms with E-state index in [1.807, 2.05) is 20.8 Å². The smallest absolute Gasteiger partial charge is 0.311 e. The zero-order valence-corrected chi connectivity index (χ0v) is 9.22. The summed E-state index contributed by atoms with van der Waals surface area (Å²) in [6, 6.07) is 0. The van der Waals surface area contributed by atoms with Crippen LogP contribution in [-0.2, 0) is 9.53 Å². The number of carbonyl (C=O) groups excluding carboxylic acids is 1. The highest BCUT2D eigenvalue weighted by atomic mass is 16.6. The summed E-state index contributed by atoms with van der Waals surface area (Å²) in [5.41, 5.74) is -0.224. The maximum atomic E-state index is 11.9. The van der Waals surface area contributed by atoms with Crippen molar-refractivity contribution in [3.8, 4) is 0 Å². The summed E-state index contributed by atoms with van der Waals surface area (Å²) in [4.78, 5) is 11.9. The van der Waals surface area contributed by atoms with Crippen LogP contribution < -0.4 is 5.32 Å². The van der Waals surface area contributed by atoms with Crippen LogP contribution in [0.25, 0.3) is 0 Å². The van der Waals surface area contributed by atoms with Gasteiger partial charge in [-0.15, -0.1) is 0 Å². The Bertz CT molecular complexity index is 251. The van der Waals surface area contributed by atoms with Gasteiger partial charge in [0.25, 0.3) is 0 Å². The van der Waals surface area contributed by atoms with Gasteiger partial charge in [-0.1, -0.05) is 6.42 Å². The Morgan fingerprint density at radius 3 is 2.64 bits per heavy atom. The van der Waals surface area contributed by atoms with E-state index >= 15 is 0 Å². The van der Waals surface area contributed by atoms with Gasteiger partial charge in [-0.25, -0.2) is 0 Å². The fraction of sp³-hybridized carbons (Fsp3) is 0.909. The van der Waals surface area contributed by atoms with Crippen LogP contribution in [0, 0.1) is 5.92 Å². The van der Waals surface area contributed by atoms with Crippen LogP contribution in [0.1, 0.15) is 40.0 Å². The van der Waals surface area contributed by atoms with E-state index in [4.69, 9.17) is 4.74 Å². The van der Waals surface area contributed by atoms with Crippen LogP contribution >= 0.6 is 0 Å². The normalized spacial score (nSPS) is 36.1. The van der Waals surface area contributed by atoms with Gasteiger partial charge in [0.1, 0.15) is 5.60 Å². The molecular formula is C11H19NO2. The van der Waals surface area contributed by atoms with Gasteiger partial charge in [0, 0.05) is 12.1 Å². The minimum Gasteiger partial charge on any atom is -0.460 e. The molecule has 2 atom stereocenters. The monoisotopic (exact) mass is 197 g/mol. The van der Waals surface area contributed by atoms with E-state index in [0.717, 1.165) is 25.8 Å². The number of ether oxygens (including phenoxy) is 1. The third-order valence-corrected chi connectivity index (χ3v) is 3.10. The molecule has 0 aromatic rings. The Balaban J connectivity index is 1.98. The molecule has 1 N–H and O–H groups in total. The molecule has 1 heterocycles. The molecule has 0 aromatic carbocycles. The van der Waals surface area contributed by atoms with E-state index in [9.17, 15) is 4.79 Å². The SMILES string of the molecule is CC(C)(C)OC(=O)C1CCCC12CN2. The van der Waals surface area contributed by atoms with Gasteiger partial charge in [-0.3, -0.25) is 4.79 Å². The standard InChI is InChI=1S/C11H19NO2/c1-10(2,3)14-9(13)8-5-4-6-11(8)7-12-11/h8,12H,4-7H2,1-3H3. The maximum absolute atomic E-state index is 11.9. The van der Waals surface area contributed by atoms with Crippen molar-refractivity contribution < 1.29 is 9.53 Å². The van der Waals surface area contributed by atoms with Crippen LogP contribution in [0.4, 0.5) is 0 Å². The van der Waals surface area contributed by atoms with Crippen LogP contribution in [0.3, 0.4) is 0 Å². The molecule has 0 aromatic heterocycles. The van der Waals surface area contributed by atoms with E-state index in [2.05, 4.69) is 5.32 Å². The maximum Gasteiger partial charge on any atom is 0.311 e. The molecule has 14 heavy (non-hydrogen) atoms. The molecule has 2 rings (SSSR count). The first-order chi connectivity index (χ1) is 6.43. The Labute approximate surface area is 85.2 Å². The molecule has 0 amide bonds. The van der Waals surface area contributed by atoms with Gasteiger partial charge in [0.15, 0.2) is 0 Å². The molecule has 2 aliphatic rings. The summed E-state index contributed by atoms with van der Waals surface area (Å²) in [5, 5.41) is 3.33. The second-order valence-electron chi connectivity index (χ2n) is 5.49. The fourth-order valence-electron chi connectivity index (χ4n) is 2.33. The van der Waals surface area contributed by atoms with Crippen molar-refractivity contribution in [3.63, 3.8) is 0 Å². The van der Waals surface area contributed by atoms with Crippen molar-refractivity contribution in [1.29, 1.82) is 0 Å². The summed E-state index contributed by atoms with van der Waals surface area (Å²) in [6.45, 7) is 6.77. The van der Waals surface area contributed by atoms with Gasteiger partial charge in [-0.05, 0) is 33.6 Å². The largest absolute Gasteiger partial charge is 0.460 e. The lowest BCUT2D eigenvalue weighted by atomic mass is 9.96. The average molecular weight is 197 g/mol. The van der Waals surface area contributed by atoms with Crippen LogP contribution in [0.5, 0.6) is 0 Å². The van der Waals surface area contributed by atoms with Crippen LogP contribution in [-0.4, -0.2) is 23.7 Å². The lowest BCUT2D eigenvalue weighted by molar-refractivity contribution is -0.160. The Kier molecular flexibility index (Phi) is 2.11. The first kappa shape index (κ1) is 9.97. The number of carbonyl (C=O) groups is 1. The predicted octanol–water partition coefficient (Wildman–Crippen LogP) is 1.47. The molecule has 0 bridgehead atoms. The Morgan fingerprint density at radius 1 is 1.50 bits per heavy atom. The predicted molar refractivity (Wildman–Crippen MR) is 53.9 cm³/mol. The second kappa shape index (κ2) is 2.96. The molecule has 1 aliphatic heterocycles. The fourth-order valence-corrected chi connectivity index (χ4v) is 2.33. The quantitative estimate of drug-likeness (QED) is 0.511. The highest BCUT2D eigenvalue weighted by molar-refractivity contribution is 5.76. The van der Waals surface area contributed by atoms with E-state index < -0.39 is 0 Å². The van der Waals surface area contributed by atoms with Crippen LogP contribution in [0.2, 0.25) is 0 Å². The summed E-state index contributed by atoms with van der Waals surface area (Å²) in [7, 11) is 0. The van der Waals surface area contributed by atoms with Crippen molar-refractivity contribution >= 4 is 5.97 Å². The van der Waals surface area contributed by atoms with E-state index in [-0.39, 0.29) is 23.0 Å². The molecule has 1 saturated heterocycles. The molecule has 1 aliphatic carbocycles. The highest BCUT2D eigenvalue weighted by Crippen LogP contribution is 2.43. The van der Waals surface area contributed by atoms with Gasteiger partial charge >= 0.3 is 5.97 Å². The van der Waals surface area contributed by atoms with Crippen LogP contribution in [0.15, 0.2) is 0 Å². The van der Waals surface area contributed by atoms with Gasteiger partial charge in [-0.2, -0.15) is 0 Å². The topological polar surface area (TPSA) is 48.2 Å². The van der Waals surface area contributed by atoms with Gasteiger partial charge < -0.3 is 10.1 Å². The zero-order chi connectivity index (χ0) is 10.4. The minimum absolute atomic E-state index is 0.0139. The second-order valence-corrected chi connectivity index (χ2v) is 5.49.